The van der Waals surface area contributed by atoms with Crippen LogP contribution in [0.1, 0.15) is 13.8 Å². The first-order chi connectivity index (χ1) is 13.0. The first kappa shape index (κ1) is 18.2. The quantitative estimate of drug-likeness (QED) is 0.746. The Bertz CT molecular complexity index is 818. The van der Waals surface area contributed by atoms with Crippen molar-refractivity contribution in [1.82, 2.24) is 19.7 Å². The van der Waals surface area contributed by atoms with E-state index in [-0.39, 0.29) is 23.9 Å². The summed E-state index contributed by atoms with van der Waals surface area (Å²) in [5, 5.41) is 9.25. The number of hydrogen-bond donors (Lipinski definition) is 0. The van der Waals surface area contributed by atoms with Crippen LogP contribution in [-0.2, 0) is 16.1 Å². The summed E-state index contributed by atoms with van der Waals surface area (Å²) in [5.74, 6) is 0.882. The number of thioether (sulfide) groups is 1. The molecule has 0 spiro atoms. The van der Waals surface area contributed by atoms with Crippen LogP contribution >= 0.6 is 11.8 Å². The third kappa shape index (κ3) is 3.79. The maximum Gasteiger partial charge on any atom is 0.233 e. The van der Waals surface area contributed by atoms with Gasteiger partial charge < -0.3 is 14.5 Å². The zero-order valence-electron chi connectivity index (χ0n) is 15.3. The van der Waals surface area contributed by atoms with Gasteiger partial charge in [0.05, 0.1) is 18.0 Å². The molecule has 2 aliphatic rings. The van der Waals surface area contributed by atoms with Gasteiger partial charge in [-0.15, -0.1) is 10.2 Å². The number of carbonyl (C=O) groups is 1. The molecule has 7 nitrogen and oxygen atoms in total. The van der Waals surface area contributed by atoms with Gasteiger partial charge in [-0.3, -0.25) is 9.36 Å². The molecule has 1 amide bonds. The van der Waals surface area contributed by atoms with Crippen LogP contribution in [-0.4, -0.2) is 63.2 Å². The van der Waals surface area contributed by atoms with Gasteiger partial charge >= 0.3 is 0 Å². The number of amides is 1. The second-order valence-electron chi connectivity index (χ2n) is 6.91. The van der Waals surface area contributed by atoms with Crippen molar-refractivity contribution in [3.8, 4) is 0 Å². The van der Waals surface area contributed by atoms with Crippen LogP contribution in [0.4, 0.5) is 16.0 Å². The Morgan fingerprint density at radius 3 is 2.59 bits per heavy atom. The number of fused-ring (bicyclic) bond motifs is 1. The second kappa shape index (κ2) is 7.47. The lowest BCUT2D eigenvalue weighted by molar-refractivity contribution is -0.140. The summed E-state index contributed by atoms with van der Waals surface area (Å²) in [6, 6.07) is 6.34. The molecule has 27 heavy (non-hydrogen) atoms. The molecule has 2 aromatic rings. The third-order valence-corrected chi connectivity index (χ3v) is 5.67. The number of hydrogen-bond acceptors (Lipinski definition) is 6. The summed E-state index contributed by atoms with van der Waals surface area (Å²) in [7, 11) is 0. The predicted octanol–water partition coefficient (Wildman–Crippen LogP) is 2.30. The van der Waals surface area contributed by atoms with Crippen molar-refractivity contribution in [3.05, 3.63) is 30.1 Å². The Kier molecular flexibility index (Phi) is 5.05. The molecule has 144 valence electrons. The second-order valence-corrected chi connectivity index (χ2v) is 7.85. The molecule has 1 aromatic carbocycles. The molecule has 2 atom stereocenters. The van der Waals surface area contributed by atoms with Gasteiger partial charge in [-0.25, -0.2) is 4.39 Å². The van der Waals surface area contributed by atoms with Crippen molar-refractivity contribution in [1.29, 1.82) is 0 Å². The number of aromatic nitrogens is 3. The molecule has 4 rings (SSSR count). The smallest absolute Gasteiger partial charge is 0.233 e. The molecular weight excluding hydrogens is 369 g/mol. The van der Waals surface area contributed by atoms with E-state index >= 15 is 0 Å². The van der Waals surface area contributed by atoms with E-state index in [1.165, 1.54) is 23.9 Å². The number of halogens is 1. The molecule has 1 aromatic heterocycles. The normalized spacial score (nSPS) is 22.2. The highest BCUT2D eigenvalue weighted by molar-refractivity contribution is 7.99. The zero-order valence-corrected chi connectivity index (χ0v) is 16.2. The van der Waals surface area contributed by atoms with Crippen LogP contribution in [0.5, 0.6) is 0 Å². The number of benzene rings is 1. The molecule has 9 heteroatoms. The maximum atomic E-state index is 13.2. The van der Waals surface area contributed by atoms with E-state index < -0.39 is 0 Å². The van der Waals surface area contributed by atoms with Gasteiger partial charge in [0.2, 0.25) is 11.9 Å². The molecule has 0 aliphatic carbocycles. The lowest BCUT2D eigenvalue weighted by Gasteiger charge is -2.35. The minimum atomic E-state index is -0.263. The molecule has 0 radical (unpaired) electrons. The van der Waals surface area contributed by atoms with Gasteiger partial charge in [-0.2, -0.15) is 0 Å². The van der Waals surface area contributed by atoms with Crippen LogP contribution in [0.15, 0.2) is 29.4 Å². The first-order valence-corrected chi connectivity index (χ1v) is 10.0. The van der Waals surface area contributed by atoms with Crippen molar-refractivity contribution in [2.75, 3.05) is 30.3 Å². The number of rotatable bonds is 4. The Labute approximate surface area is 161 Å². The third-order valence-electron chi connectivity index (χ3n) is 4.72. The molecule has 0 unspecified atom stereocenters. The first-order valence-electron chi connectivity index (χ1n) is 9.03. The van der Waals surface area contributed by atoms with E-state index in [1.807, 2.05) is 28.2 Å². The Hall–Kier alpha value is -2.13. The lowest BCUT2D eigenvalue weighted by atomic mass is 10.2. The fourth-order valence-corrected chi connectivity index (χ4v) is 4.41. The van der Waals surface area contributed by atoms with Gasteiger partial charge in [0.15, 0.2) is 5.16 Å². The molecule has 0 saturated carbocycles. The average molecular weight is 391 g/mol. The zero-order chi connectivity index (χ0) is 19.0. The standard InChI is InChI=1S/C18H22FN5O2S/c1-12-9-22(10-13(2)26-12)16(25)11-27-18-21-20-17-23(7-8-24(17)18)15-5-3-14(19)4-6-15/h3-6,12-13H,7-11H2,1-2H3/t12-,13-/m0/s1. The van der Waals surface area contributed by atoms with Gasteiger partial charge in [0, 0.05) is 31.9 Å². The van der Waals surface area contributed by atoms with Crippen LogP contribution < -0.4 is 4.90 Å². The summed E-state index contributed by atoms with van der Waals surface area (Å²) in [6.07, 6.45) is 0.119. The maximum absolute atomic E-state index is 13.2. The highest BCUT2D eigenvalue weighted by Crippen LogP contribution is 2.32. The van der Waals surface area contributed by atoms with E-state index in [0.717, 1.165) is 29.9 Å². The minimum Gasteiger partial charge on any atom is -0.372 e. The van der Waals surface area contributed by atoms with Gasteiger partial charge in [0.25, 0.3) is 0 Å². The summed E-state index contributed by atoms with van der Waals surface area (Å²) >= 11 is 1.41. The fraction of sp³-hybridized carbons (Fsp3) is 0.500. The van der Waals surface area contributed by atoms with Gasteiger partial charge in [0.1, 0.15) is 5.82 Å². The Morgan fingerprint density at radius 1 is 1.19 bits per heavy atom. The SMILES string of the molecule is C[C@H]1CN(C(=O)CSc2nnc3n2CCN3c2ccc(F)cc2)C[C@H](C)O1. The fourth-order valence-electron chi connectivity index (χ4n) is 3.55. The summed E-state index contributed by atoms with van der Waals surface area (Å²) < 4.78 is 20.8. The molecule has 1 saturated heterocycles. The summed E-state index contributed by atoms with van der Waals surface area (Å²) in [6.45, 7) is 6.70. The highest BCUT2D eigenvalue weighted by atomic mass is 32.2. The molecule has 0 N–H and O–H groups in total. The van der Waals surface area contributed by atoms with Crippen LogP contribution in [0.2, 0.25) is 0 Å². The largest absolute Gasteiger partial charge is 0.372 e. The lowest BCUT2D eigenvalue weighted by Crippen LogP contribution is -2.48. The van der Waals surface area contributed by atoms with Crippen LogP contribution in [0.3, 0.4) is 0 Å². The van der Waals surface area contributed by atoms with Gasteiger partial charge in [-0.1, -0.05) is 11.8 Å². The number of morpholine rings is 1. The van der Waals surface area contributed by atoms with Crippen molar-refractivity contribution < 1.29 is 13.9 Å². The predicted molar refractivity (Wildman–Crippen MR) is 101 cm³/mol. The van der Waals surface area contributed by atoms with E-state index in [1.54, 1.807) is 12.1 Å². The molecule has 0 bridgehead atoms. The van der Waals surface area contributed by atoms with Crippen molar-refractivity contribution in [2.24, 2.45) is 0 Å². The highest BCUT2D eigenvalue weighted by Gasteiger charge is 2.28. The van der Waals surface area contributed by atoms with E-state index in [2.05, 4.69) is 10.2 Å². The van der Waals surface area contributed by atoms with Gasteiger partial charge in [-0.05, 0) is 38.1 Å². The van der Waals surface area contributed by atoms with Crippen molar-refractivity contribution >= 4 is 29.3 Å². The Balaban J connectivity index is 1.41. The average Bonchev–Trinajstić information content (AvgIpc) is 3.22. The van der Waals surface area contributed by atoms with E-state index in [0.29, 0.717) is 18.8 Å². The topological polar surface area (TPSA) is 63.5 Å². The molecule has 1 fully saturated rings. The molecule has 3 heterocycles. The number of carbonyl (C=O) groups excluding carboxylic acids is 1. The van der Waals surface area contributed by atoms with Crippen molar-refractivity contribution in [2.45, 2.75) is 37.8 Å². The van der Waals surface area contributed by atoms with E-state index in [9.17, 15) is 9.18 Å². The summed E-state index contributed by atoms with van der Waals surface area (Å²) in [5.41, 5.74) is 0.881. The van der Waals surface area contributed by atoms with Crippen molar-refractivity contribution in [3.63, 3.8) is 0 Å². The van der Waals surface area contributed by atoms with Crippen LogP contribution in [0, 0.1) is 5.82 Å². The Morgan fingerprint density at radius 2 is 1.89 bits per heavy atom. The van der Waals surface area contributed by atoms with Crippen LogP contribution in [0.25, 0.3) is 0 Å². The summed E-state index contributed by atoms with van der Waals surface area (Å²) in [4.78, 5) is 16.4. The molecule has 2 aliphatic heterocycles. The van der Waals surface area contributed by atoms with E-state index in [4.69, 9.17) is 4.74 Å². The number of nitrogens with zero attached hydrogens (tertiary/aromatic N) is 5. The molecular formula is C18H22FN5O2S. The number of ether oxygens (including phenoxy) is 1. The minimum absolute atomic E-state index is 0.0595. The monoisotopic (exact) mass is 391 g/mol. The number of anilines is 2.